The largest absolute Gasteiger partial charge is 0.505 e. The maximum atomic E-state index is 13.4. The molecule has 7 heteroatoms. The van der Waals surface area contributed by atoms with Gasteiger partial charge in [0.25, 0.3) is 5.91 Å². The fourth-order valence-electron chi connectivity index (χ4n) is 3.31. The van der Waals surface area contributed by atoms with E-state index in [9.17, 15) is 23.8 Å². The zero-order chi connectivity index (χ0) is 20.1. The van der Waals surface area contributed by atoms with E-state index in [1.54, 1.807) is 12.1 Å². The van der Waals surface area contributed by atoms with Gasteiger partial charge in [-0.2, -0.15) is 0 Å². The number of amides is 1. The van der Waals surface area contributed by atoms with E-state index in [0.29, 0.717) is 32.3 Å². The quantitative estimate of drug-likeness (QED) is 0.706. The van der Waals surface area contributed by atoms with E-state index in [-0.39, 0.29) is 24.0 Å². The first-order valence-electron chi connectivity index (χ1n) is 9.20. The van der Waals surface area contributed by atoms with Crippen molar-refractivity contribution in [3.63, 3.8) is 0 Å². The van der Waals surface area contributed by atoms with E-state index in [0.717, 1.165) is 17.7 Å². The Labute approximate surface area is 162 Å². The summed E-state index contributed by atoms with van der Waals surface area (Å²) in [6, 6.07) is 9.62. The van der Waals surface area contributed by atoms with Crippen LogP contribution in [0.4, 0.5) is 8.78 Å². The molecule has 2 aromatic carbocycles. The Bertz CT molecular complexity index is 835. The third-order valence-corrected chi connectivity index (χ3v) is 5.03. The molecule has 1 amide bonds. The molecule has 1 saturated carbocycles. The SMILES string of the molecule is O=C(NCC1(O)CCC(OCc2cccc(F)c2)CC1)c1ccc(O)c(F)c1. The molecule has 1 aliphatic carbocycles. The van der Waals surface area contributed by atoms with Gasteiger partial charge in [0.2, 0.25) is 0 Å². The van der Waals surface area contributed by atoms with Crippen LogP contribution in [0.1, 0.15) is 41.6 Å². The van der Waals surface area contributed by atoms with Gasteiger partial charge < -0.3 is 20.3 Å². The van der Waals surface area contributed by atoms with Crippen LogP contribution in [0.25, 0.3) is 0 Å². The summed E-state index contributed by atoms with van der Waals surface area (Å²) in [6.45, 7) is 0.356. The molecule has 3 rings (SSSR count). The Balaban J connectivity index is 1.45. The maximum Gasteiger partial charge on any atom is 0.251 e. The third-order valence-electron chi connectivity index (χ3n) is 5.03. The van der Waals surface area contributed by atoms with Crippen LogP contribution in [-0.4, -0.2) is 34.4 Å². The smallest absolute Gasteiger partial charge is 0.251 e. The van der Waals surface area contributed by atoms with E-state index in [4.69, 9.17) is 4.74 Å². The zero-order valence-corrected chi connectivity index (χ0v) is 15.3. The van der Waals surface area contributed by atoms with Gasteiger partial charge in [0, 0.05) is 12.1 Å². The summed E-state index contributed by atoms with van der Waals surface area (Å²) in [5.41, 5.74) is -0.218. The maximum absolute atomic E-state index is 13.4. The normalized spacial score (nSPS) is 22.0. The predicted octanol–water partition coefficient (Wildman–Crippen LogP) is 3.29. The standard InChI is InChI=1S/C21H23F2NO4/c22-16-3-1-2-14(10-16)12-28-17-6-8-21(27,9-7-17)13-24-20(26)15-4-5-19(25)18(23)11-15/h1-5,10-11,17,25,27H,6-9,12-13H2,(H,24,26). The second kappa shape index (κ2) is 8.67. The number of hydrogen-bond acceptors (Lipinski definition) is 4. The summed E-state index contributed by atoms with van der Waals surface area (Å²) >= 11 is 0. The Kier molecular flexibility index (Phi) is 6.26. The van der Waals surface area contributed by atoms with Crippen LogP contribution in [0.15, 0.2) is 42.5 Å². The number of hydrogen-bond donors (Lipinski definition) is 3. The summed E-state index contributed by atoms with van der Waals surface area (Å²) in [4.78, 5) is 12.1. The first-order valence-corrected chi connectivity index (χ1v) is 9.20. The number of phenols is 1. The summed E-state index contributed by atoms with van der Waals surface area (Å²) in [6.07, 6.45) is 2.10. The number of ether oxygens (including phenoxy) is 1. The molecule has 0 unspecified atom stereocenters. The number of aliphatic hydroxyl groups is 1. The minimum atomic E-state index is -1.05. The van der Waals surface area contributed by atoms with Gasteiger partial charge in [-0.05, 0) is 61.6 Å². The van der Waals surface area contributed by atoms with E-state index in [1.807, 2.05) is 0 Å². The van der Waals surface area contributed by atoms with E-state index < -0.39 is 23.1 Å². The van der Waals surface area contributed by atoms with E-state index in [1.165, 1.54) is 18.2 Å². The highest BCUT2D eigenvalue weighted by molar-refractivity contribution is 5.94. The van der Waals surface area contributed by atoms with Gasteiger partial charge in [-0.1, -0.05) is 12.1 Å². The summed E-state index contributed by atoms with van der Waals surface area (Å²) in [5.74, 6) is -2.21. The molecule has 0 aliphatic heterocycles. The predicted molar refractivity (Wildman–Crippen MR) is 98.8 cm³/mol. The highest BCUT2D eigenvalue weighted by Gasteiger charge is 2.34. The van der Waals surface area contributed by atoms with Crippen molar-refractivity contribution in [3.8, 4) is 5.75 Å². The van der Waals surface area contributed by atoms with Crippen LogP contribution < -0.4 is 5.32 Å². The number of benzene rings is 2. The van der Waals surface area contributed by atoms with Crippen molar-refractivity contribution in [1.29, 1.82) is 0 Å². The van der Waals surface area contributed by atoms with Crippen molar-refractivity contribution in [3.05, 3.63) is 65.2 Å². The minimum Gasteiger partial charge on any atom is -0.505 e. The second-order valence-electron chi connectivity index (χ2n) is 7.21. The van der Waals surface area contributed by atoms with Gasteiger partial charge in [-0.15, -0.1) is 0 Å². The molecule has 0 saturated heterocycles. The molecular formula is C21H23F2NO4. The number of nitrogens with one attached hydrogen (secondary N) is 1. The lowest BCUT2D eigenvalue weighted by atomic mass is 9.83. The number of phenolic OH excluding ortho intramolecular Hbond substituents is 1. The van der Waals surface area contributed by atoms with Crippen LogP contribution in [0.2, 0.25) is 0 Å². The van der Waals surface area contributed by atoms with Crippen molar-refractivity contribution in [2.45, 2.75) is 44.0 Å². The number of carbonyl (C=O) groups excluding carboxylic acids is 1. The average molecular weight is 391 g/mol. The van der Waals surface area contributed by atoms with Gasteiger partial charge in [-0.3, -0.25) is 4.79 Å². The van der Waals surface area contributed by atoms with Crippen molar-refractivity contribution >= 4 is 5.91 Å². The molecule has 1 aliphatic rings. The van der Waals surface area contributed by atoms with Crippen LogP contribution in [0.5, 0.6) is 5.75 Å². The fourth-order valence-corrected chi connectivity index (χ4v) is 3.31. The molecule has 0 radical (unpaired) electrons. The number of rotatable bonds is 6. The molecule has 0 heterocycles. The van der Waals surface area contributed by atoms with Crippen LogP contribution in [-0.2, 0) is 11.3 Å². The summed E-state index contributed by atoms with van der Waals surface area (Å²) in [7, 11) is 0. The number of aromatic hydroxyl groups is 1. The van der Waals surface area contributed by atoms with Crippen LogP contribution in [0.3, 0.4) is 0 Å². The lowest BCUT2D eigenvalue weighted by molar-refractivity contribution is -0.0582. The number of halogens is 2. The minimum absolute atomic E-state index is 0.0366. The van der Waals surface area contributed by atoms with Crippen molar-refractivity contribution in [1.82, 2.24) is 5.32 Å². The van der Waals surface area contributed by atoms with E-state index >= 15 is 0 Å². The monoisotopic (exact) mass is 391 g/mol. The Morgan fingerprint density at radius 2 is 1.93 bits per heavy atom. The topological polar surface area (TPSA) is 78.8 Å². The molecule has 0 atom stereocenters. The molecule has 3 N–H and O–H groups in total. The second-order valence-corrected chi connectivity index (χ2v) is 7.21. The average Bonchev–Trinajstić information content (AvgIpc) is 2.68. The Morgan fingerprint density at radius 3 is 2.61 bits per heavy atom. The highest BCUT2D eigenvalue weighted by atomic mass is 19.1. The molecule has 150 valence electrons. The lowest BCUT2D eigenvalue weighted by Gasteiger charge is -2.36. The molecule has 1 fully saturated rings. The highest BCUT2D eigenvalue weighted by Crippen LogP contribution is 2.30. The molecule has 2 aromatic rings. The van der Waals surface area contributed by atoms with Gasteiger partial charge in [0.05, 0.1) is 18.3 Å². The molecular weight excluding hydrogens is 368 g/mol. The lowest BCUT2D eigenvalue weighted by Crippen LogP contribution is -2.46. The summed E-state index contributed by atoms with van der Waals surface area (Å²) < 4.78 is 32.4. The molecule has 5 nitrogen and oxygen atoms in total. The van der Waals surface area contributed by atoms with Gasteiger partial charge in [-0.25, -0.2) is 8.78 Å². The van der Waals surface area contributed by atoms with Crippen LogP contribution in [0, 0.1) is 11.6 Å². The third kappa shape index (κ3) is 5.27. The fraction of sp³-hybridized carbons (Fsp3) is 0.381. The number of carbonyl (C=O) groups is 1. The molecule has 0 aromatic heterocycles. The van der Waals surface area contributed by atoms with Crippen molar-refractivity contribution in [2.75, 3.05) is 6.54 Å². The van der Waals surface area contributed by atoms with Gasteiger partial charge in [0.15, 0.2) is 11.6 Å². The first-order chi connectivity index (χ1) is 13.3. The van der Waals surface area contributed by atoms with E-state index in [2.05, 4.69) is 5.32 Å². The Morgan fingerprint density at radius 1 is 1.18 bits per heavy atom. The van der Waals surface area contributed by atoms with Crippen molar-refractivity contribution < 1.29 is 28.5 Å². The van der Waals surface area contributed by atoms with Gasteiger partial charge in [0.1, 0.15) is 5.82 Å². The Hall–Kier alpha value is -2.51. The zero-order valence-electron chi connectivity index (χ0n) is 15.3. The van der Waals surface area contributed by atoms with Crippen LogP contribution >= 0.6 is 0 Å². The summed E-state index contributed by atoms with van der Waals surface area (Å²) in [5, 5.41) is 22.5. The molecule has 0 bridgehead atoms. The first kappa shape index (κ1) is 20.2. The van der Waals surface area contributed by atoms with Gasteiger partial charge >= 0.3 is 0 Å². The molecule has 28 heavy (non-hydrogen) atoms. The van der Waals surface area contributed by atoms with Crippen molar-refractivity contribution in [2.24, 2.45) is 0 Å². The molecule has 0 spiro atoms.